The first kappa shape index (κ1) is 12.4. The minimum atomic E-state index is -3.11. The van der Waals surface area contributed by atoms with Gasteiger partial charge in [0.25, 0.3) is 5.91 Å². The van der Waals surface area contributed by atoms with Gasteiger partial charge >= 0.3 is 6.43 Å². The molecule has 0 aliphatic carbocycles. The minimum Gasteiger partial charge on any atom is -0.320 e. The molecule has 0 unspecified atom stereocenters. The van der Waals surface area contributed by atoms with E-state index in [0.29, 0.717) is 5.69 Å². The highest BCUT2D eigenvalue weighted by molar-refractivity contribution is 6.33. The Kier molecular flexibility index (Phi) is 3.47. The normalized spacial score (nSPS) is 10.7. The first-order valence-electron chi connectivity index (χ1n) is 4.70. The highest BCUT2D eigenvalue weighted by Crippen LogP contribution is 2.24. The lowest BCUT2D eigenvalue weighted by atomic mass is 10.2. The standard InChI is InChI=1S/C9H6ClF2N5O/c10-6-2-1-5(17-4-13-15-16-17)3-7(6)14-9(18)8(11)12/h1-4,8H,(H,14,18). The Bertz CT molecular complexity index is 560. The molecular weight excluding hydrogens is 268 g/mol. The SMILES string of the molecule is O=C(Nc1cc(-n2cnnn2)ccc1Cl)C(F)F. The minimum absolute atomic E-state index is 0.0648. The van der Waals surface area contributed by atoms with Crippen LogP contribution in [0.3, 0.4) is 0 Å². The maximum Gasteiger partial charge on any atom is 0.315 e. The van der Waals surface area contributed by atoms with Crippen LogP contribution in [0.25, 0.3) is 5.69 Å². The number of anilines is 1. The third-order valence-electron chi connectivity index (χ3n) is 2.02. The molecule has 0 aliphatic rings. The molecular formula is C9H6ClF2N5O. The van der Waals surface area contributed by atoms with E-state index in [2.05, 4.69) is 15.5 Å². The molecule has 2 rings (SSSR count). The molecule has 0 saturated heterocycles. The van der Waals surface area contributed by atoms with Crippen LogP contribution in [0.5, 0.6) is 0 Å². The molecule has 6 nitrogen and oxygen atoms in total. The van der Waals surface area contributed by atoms with Crippen molar-refractivity contribution in [2.24, 2.45) is 0 Å². The van der Waals surface area contributed by atoms with Gasteiger partial charge in [-0.15, -0.1) is 5.10 Å². The van der Waals surface area contributed by atoms with Gasteiger partial charge in [0.05, 0.1) is 16.4 Å². The number of tetrazole rings is 1. The van der Waals surface area contributed by atoms with E-state index in [4.69, 9.17) is 11.6 Å². The van der Waals surface area contributed by atoms with Crippen molar-refractivity contribution in [3.8, 4) is 5.69 Å². The largest absolute Gasteiger partial charge is 0.320 e. The van der Waals surface area contributed by atoms with Crippen molar-refractivity contribution in [2.45, 2.75) is 6.43 Å². The average molecular weight is 274 g/mol. The van der Waals surface area contributed by atoms with Gasteiger partial charge in [0.15, 0.2) is 0 Å². The number of hydrogen-bond acceptors (Lipinski definition) is 4. The lowest BCUT2D eigenvalue weighted by Crippen LogP contribution is -2.20. The molecule has 0 radical (unpaired) electrons. The predicted octanol–water partition coefficient (Wildman–Crippen LogP) is 1.52. The van der Waals surface area contributed by atoms with Gasteiger partial charge in [-0.3, -0.25) is 4.79 Å². The second-order valence-electron chi connectivity index (χ2n) is 3.21. The quantitative estimate of drug-likeness (QED) is 0.920. The zero-order valence-corrected chi connectivity index (χ0v) is 9.47. The van der Waals surface area contributed by atoms with E-state index in [0.717, 1.165) is 0 Å². The number of carbonyl (C=O) groups excluding carboxylic acids is 1. The fraction of sp³-hybridized carbons (Fsp3) is 0.111. The average Bonchev–Trinajstić information content (AvgIpc) is 2.85. The molecule has 0 aliphatic heterocycles. The summed E-state index contributed by atoms with van der Waals surface area (Å²) in [6.45, 7) is 0. The molecule has 2 aromatic rings. The Morgan fingerprint density at radius 3 is 2.83 bits per heavy atom. The fourth-order valence-corrected chi connectivity index (χ4v) is 1.38. The third kappa shape index (κ3) is 2.59. The molecule has 1 amide bonds. The summed E-state index contributed by atoms with van der Waals surface area (Å²) < 4.78 is 25.6. The van der Waals surface area contributed by atoms with Crippen LogP contribution in [0.1, 0.15) is 0 Å². The van der Waals surface area contributed by atoms with Crippen molar-refractivity contribution < 1.29 is 13.6 Å². The number of amides is 1. The summed E-state index contributed by atoms with van der Waals surface area (Å²) in [5, 5.41) is 12.6. The Labute approximate surface area is 105 Å². The van der Waals surface area contributed by atoms with Gasteiger partial charge in [-0.1, -0.05) is 11.6 Å². The number of aromatic nitrogens is 4. The maximum atomic E-state index is 12.1. The van der Waals surface area contributed by atoms with Crippen molar-refractivity contribution >= 4 is 23.2 Å². The number of carbonyl (C=O) groups is 1. The summed E-state index contributed by atoms with van der Waals surface area (Å²) in [5.41, 5.74) is 0.545. The second-order valence-corrected chi connectivity index (χ2v) is 3.62. The molecule has 9 heteroatoms. The number of alkyl halides is 2. The fourth-order valence-electron chi connectivity index (χ4n) is 1.22. The van der Waals surface area contributed by atoms with E-state index in [9.17, 15) is 13.6 Å². The summed E-state index contributed by atoms with van der Waals surface area (Å²) >= 11 is 5.79. The van der Waals surface area contributed by atoms with Crippen molar-refractivity contribution in [1.82, 2.24) is 20.2 Å². The van der Waals surface area contributed by atoms with Crippen LogP contribution in [0.4, 0.5) is 14.5 Å². The zero-order chi connectivity index (χ0) is 13.1. The molecule has 0 bridgehead atoms. The molecule has 1 heterocycles. The molecule has 1 aromatic carbocycles. The Hall–Kier alpha value is -2.09. The molecule has 0 atom stereocenters. The van der Waals surface area contributed by atoms with E-state index in [1.807, 2.05) is 5.32 Å². The van der Waals surface area contributed by atoms with Crippen LogP contribution in [0.15, 0.2) is 24.5 Å². The van der Waals surface area contributed by atoms with Crippen LogP contribution in [0.2, 0.25) is 5.02 Å². The highest BCUT2D eigenvalue weighted by Gasteiger charge is 2.16. The van der Waals surface area contributed by atoms with Crippen LogP contribution in [0, 0.1) is 0 Å². The topological polar surface area (TPSA) is 72.7 Å². The van der Waals surface area contributed by atoms with Crippen molar-refractivity contribution in [1.29, 1.82) is 0 Å². The van der Waals surface area contributed by atoms with Crippen molar-refractivity contribution in [3.63, 3.8) is 0 Å². The number of rotatable bonds is 3. The molecule has 18 heavy (non-hydrogen) atoms. The third-order valence-corrected chi connectivity index (χ3v) is 2.35. The van der Waals surface area contributed by atoms with Crippen LogP contribution in [-0.2, 0) is 4.79 Å². The molecule has 0 spiro atoms. The van der Waals surface area contributed by atoms with Crippen LogP contribution in [-0.4, -0.2) is 32.5 Å². The highest BCUT2D eigenvalue weighted by atomic mass is 35.5. The first-order chi connectivity index (χ1) is 8.58. The Balaban J connectivity index is 2.30. The van der Waals surface area contributed by atoms with Crippen LogP contribution < -0.4 is 5.32 Å². The van der Waals surface area contributed by atoms with Crippen molar-refractivity contribution in [2.75, 3.05) is 5.32 Å². The van der Waals surface area contributed by atoms with E-state index in [1.54, 1.807) is 6.07 Å². The van der Waals surface area contributed by atoms with Gasteiger partial charge in [-0.25, -0.2) is 4.68 Å². The summed E-state index contributed by atoms with van der Waals surface area (Å²) in [6.07, 6.45) is -1.79. The molecule has 94 valence electrons. The monoisotopic (exact) mass is 273 g/mol. The number of nitrogens with zero attached hydrogens (tertiary/aromatic N) is 4. The molecule has 1 aromatic heterocycles. The number of halogens is 3. The summed E-state index contributed by atoms with van der Waals surface area (Å²) in [5.74, 6) is -1.43. The summed E-state index contributed by atoms with van der Waals surface area (Å²) in [4.78, 5) is 10.9. The second kappa shape index (κ2) is 5.05. The van der Waals surface area contributed by atoms with Gasteiger partial charge in [0.2, 0.25) is 0 Å². The van der Waals surface area contributed by atoms with E-state index in [-0.39, 0.29) is 10.7 Å². The van der Waals surface area contributed by atoms with Gasteiger partial charge in [0.1, 0.15) is 6.33 Å². The van der Waals surface area contributed by atoms with Gasteiger partial charge < -0.3 is 5.32 Å². The van der Waals surface area contributed by atoms with E-state index in [1.165, 1.54) is 23.1 Å². The van der Waals surface area contributed by atoms with Crippen molar-refractivity contribution in [3.05, 3.63) is 29.5 Å². The Morgan fingerprint density at radius 1 is 1.44 bits per heavy atom. The first-order valence-corrected chi connectivity index (χ1v) is 5.07. The summed E-state index contributed by atoms with van der Waals surface area (Å²) in [7, 11) is 0. The van der Waals surface area contributed by atoms with Gasteiger partial charge in [-0.2, -0.15) is 8.78 Å². The van der Waals surface area contributed by atoms with Gasteiger partial charge in [0, 0.05) is 0 Å². The number of nitrogens with one attached hydrogen (secondary N) is 1. The molecule has 0 fully saturated rings. The smallest absolute Gasteiger partial charge is 0.315 e. The van der Waals surface area contributed by atoms with E-state index < -0.39 is 12.3 Å². The number of hydrogen-bond donors (Lipinski definition) is 1. The zero-order valence-electron chi connectivity index (χ0n) is 8.72. The summed E-state index contributed by atoms with van der Waals surface area (Å²) in [6, 6.07) is 4.41. The Morgan fingerprint density at radius 2 is 2.22 bits per heavy atom. The maximum absolute atomic E-state index is 12.1. The van der Waals surface area contributed by atoms with E-state index >= 15 is 0 Å². The predicted molar refractivity (Wildman–Crippen MR) is 58.8 cm³/mol. The lowest BCUT2D eigenvalue weighted by molar-refractivity contribution is -0.126. The lowest BCUT2D eigenvalue weighted by Gasteiger charge is -2.08. The number of benzene rings is 1. The molecule has 0 saturated carbocycles. The molecule has 1 N–H and O–H groups in total. The van der Waals surface area contributed by atoms with Gasteiger partial charge in [-0.05, 0) is 28.6 Å². The van der Waals surface area contributed by atoms with Crippen LogP contribution >= 0.6 is 11.6 Å².